The maximum absolute atomic E-state index is 12.7. The summed E-state index contributed by atoms with van der Waals surface area (Å²) >= 11 is 0. The second kappa shape index (κ2) is 12.7. The van der Waals surface area contributed by atoms with Crippen molar-refractivity contribution < 1.29 is 17.9 Å². The third kappa shape index (κ3) is 7.76. The first-order valence-electron chi connectivity index (χ1n) is 12.4. The number of sulfonamides is 1. The van der Waals surface area contributed by atoms with Gasteiger partial charge in [0.05, 0.1) is 4.90 Å². The Kier molecular flexibility index (Phi) is 9.11. The average Bonchev–Trinajstić information content (AvgIpc) is 2.93. The van der Waals surface area contributed by atoms with Crippen LogP contribution >= 0.6 is 0 Å². The number of piperazine rings is 1. The molecule has 0 saturated carbocycles. The molecule has 1 saturated heterocycles. The van der Waals surface area contributed by atoms with Gasteiger partial charge in [0.25, 0.3) is 5.91 Å². The average molecular weight is 520 g/mol. The van der Waals surface area contributed by atoms with E-state index in [9.17, 15) is 13.2 Å². The van der Waals surface area contributed by atoms with Crippen LogP contribution in [-0.2, 0) is 14.8 Å². The zero-order chi connectivity index (χ0) is 26.1. The number of carbonyl (C=O) groups is 1. The molecule has 0 spiro atoms. The number of rotatable bonds is 10. The molecule has 0 aromatic heterocycles. The smallest absolute Gasteiger partial charge is 0.260 e. The van der Waals surface area contributed by atoms with Crippen LogP contribution in [0.15, 0.2) is 95.9 Å². The van der Waals surface area contributed by atoms with Gasteiger partial charge in [0.1, 0.15) is 5.75 Å². The van der Waals surface area contributed by atoms with Crippen LogP contribution in [-0.4, -0.2) is 63.5 Å². The molecule has 3 aromatic carbocycles. The molecule has 0 radical (unpaired) electrons. The maximum atomic E-state index is 12.7. The summed E-state index contributed by atoms with van der Waals surface area (Å²) in [6.07, 6.45) is 4.26. The van der Waals surface area contributed by atoms with Crippen molar-refractivity contribution in [2.24, 2.45) is 0 Å². The lowest BCUT2D eigenvalue weighted by Crippen LogP contribution is -2.49. The molecule has 8 heteroatoms. The van der Waals surface area contributed by atoms with Crippen LogP contribution in [0.2, 0.25) is 0 Å². The van der Waals surface area contributed by atoms with E-state index in [-0.39, 0.29) is 23.5 Å². The largest absolute Gasteiger partial charge is 0.484 e. The van der Waals surface area contributed by atoms with Crippen LogP contribution in [0.4, 0.5) is 0 Å². The van der Waals surface area contributed by atoms with Gasteiger partial charge in [0.2, 0.25) is 10.0 Å². The van der Waals surface area contributed by atoms with Crippen molar-refractivity contribution in [3.8, 4) is 5.75 Å². The number of hydrogen-bond donors (Lipinski definition) is 1. The Balaban J connectivity index is 1.21. The van der Waals surface area contributed by atoms with E-state index in [0.29, 0.717) is 18.8 Å². The van der Waals surface area contributed by atoms with Gasteiger partial charge in [-0.2, -0.15) is 0 Å². The van der Waals surface area contributed by atoms with Crippen LogP contribution in [0.3, 0.4) is 0 Å². The highest BCUT2D eigenvalue weighted by Gasteiger charge is 2.21. The molecule has 3 aromatic rings. The summed E-state index contributed by atoms with van der Waals surface area (Å²) in [7, 11) is -3.69. The molecule has 1 atom stereocenters. The number of amides is 1. The highest BCUT2D eigenvalue weighted by molar-refractivity contribution is 7.89. The van der Waals surface area contributed by atoms with Crippen molar-refractivity contribution in [2.75, 3.05) is 39.3 Å². The van der Waals surface area contributed by atoms with Crippen molar-refractivity contribution in [3.63, 3.8) is 0 Å². The zero-order valence-electron chi connectivity index (χ0n) is 21.0. The number of nitrogens with zero attached hydrogens (tertiary/aromatic N) is 2. The molecule has 0 unspecified atom stereocenters. The Bertz CT molecular complexity index is 1270. The summed E-state index contributed by atoms with van der Waals surface area (Å²) in [6, 6.07) is 25.3. The van der Waals surface area contributed by atoms with Gasteiger partial charge in [-0.25, -0.2) is 13.1 Å². The molecule has 1 fully saturated rings. The van der Waals surface area contributed by atoms with Crippen molar-refractivity contribution >= 4 is 22.0 Å². The fourth-order valence-corrected chi connectivity index (χ4v) is 5.38. The first-order valence-corrected chi connectivity index (χ1v) is 13.9. The SMILES string of the molecule is C[C@@H](NS(=O)(=O)c1ccc(OCC(=O)N2CCN(C/C=C/c3ccccc3)CC2)cc1)c1ccccc1. The van der Waals surface area contributed by atoms with Crippen molar-refractivity contribution in [3.05, 3.63) is 102 Å². The fourth-order valence-electron chi connectivity index (χ4n) is 4.14. The monoisotopic (exact) mass is 519 g/mol. The van der Waals surface area contributed by atoms with E-state index >= 15 is 0 Å². The summed E-state index contributed by atoms with van der Waals surface area (Å²) in [5.41, 5.74) is 2.06. The quantitative estimate of drug-likeness (QED) is 0.439. The maximum Gasteiger partial charge on any atom is 0.260 e. The summed E-state index contributed by atoms with van der Waals surface area (Å²) in [6.45, 7) is 5.51. The third-order valence-electron chi connectivity index (χ3n) is 6.33. The fraction of sp³-hybridized carbons (Fsp3) is 0.276. The van der Waals surface area contributed by atoms with Gasteiger partial charge in [0, 0.05) is 38.8 Å². The highest BCUT2D eigenvalue weighted by Crippen LogP contribution is 2.19. The van der Waals surface area contributed by atoms with Gasteiger partial charge in [-0.1, -0.05) is 72.8 Å². The minimum absolute atomic E-state index is 0.0745. The lowest BCUT2D eigenvalue weighted by atomic mass is 10.1. The second-order valence-corrected chi connectivity index (χ2v) is 10.7. The van der Waals surface area contributed by atoms with Gasteiger partial charge < -0.3 is 9.64 Å². The first kappa shape index (κ1) is 26.6. The van der Waals surface area contributed by atoms with Crippen molar-refractivity contribution in [2.45, 2.75) is 17.9 Å². The summed E-state index contributed by atoms with van der Waals surface area (Å²) < 4.78 is 33.8. The number of nitrogens with one attached hydrogen (secondary N) is 1. The van der Waals surface area contributed by atoms with Crippen LogP contribution < -0.4 is 9.46 Å². The standard InChI is InChI=1S/C29H33N3O4S/c1-24(26-12-6-3-7-13-26)30-37(34,35)28-16-14-27(15-17-28)36-23-29(33)32-21-19-31(20-22-32)18-8-11-25-9-4-2-5-10-25/h2-17,24,30H,18-23H2,1H3/b11-8+/t24-/m1/s1. The van der Waals surface area contributed by atoms with E-state index in [1.54, 1.807) is 19.1 Å². The van der Waals surface area contributed by atoms with Crippen molar-refractivity contribution in [1.29, 1.82) is 0 Å². The molecule has 1 amide bonds. The van der Waals surface area contributed by atoms with Crippen LogP contribution in [0.1, 0.15) is 24.1 Å². The van der Waals surface area contributed by atoms with Gasteiger partial charge >= 0.3 is 0 Å². The molecule has 37 heavy (non-hydrogen) atoms. The molecular weight excluding hydrogens is 486 g/mol. The topological polar surface area (TPSA) is 78.9 Å². The third-order valence-corrected chi connectivity index (χ3v) is 7.88. The Morgan fingerprint density at radius 3 is 2.19 bits per heavy atom. The van der Waals surface area contributed by atoms with Gasteiger partial charge in [-0.3, -0.25) is 9.69 Å². The first-order chi connectivity index (χ1) is 17.9. The van der Waals surface area contributed by atoms with Gasteiger partial charge in [-0.05, 0) is 42.3 Å². The van der Waals surface area contributed by atoms with E-state index in [4.69, 9.17) is 4.74 Å². The molecule has 0 aliphatic carbocycles. The summed E-state index contributed by atoms with van der Waals surface area (Å²) in [5.74, 6) is 0.377. The van der Waals surface area contributed by atoms with E-state index in [1.807, 2.05) is 53.4 Å². The van der Waals surface area contributed by atoms with Crippen molar-refractivity contribution in [1.82, 2.24) is 14.5 Å². The van der Waals surface area contributed by atoms with Gasteiger partial charge in [-0.15, -0.1) is 0 Å². The molecule has 1 N–H and O–H groups in total. The van der Waals surface area contributed by atoms with Crippen LogP contribution in [0.25, 0.3) is 6.08 Å². The highest BCUT2D eigenvalue weighted by atomic mass is 32.2. The Morgan fingerprint density at radius 2 is 1.54 bits per heavy atom. The zero-order valence-corrected chi connectivity index (χ0v) is 21.8. The van der Waals surface area contributed by atoms with E-state index in [2.05, 4.69) is 33.9 Å². The van der Waals surface area contributed by atoms with Crippen LogP contribution in [0, 0.1) is 0 Å². The molecule has 194 valence electrons. The van der Waals surface area contributed by atoms with Gasteiger partial charge in [0.15, 0.2) is 6.61 Å². The molecule has 1 aliphatic rings. The number of hydrogen-bond acceptors (Lipinski definition) is 5. The Hall–Kier alpha value is -3.46. The predicted octanol–water partition coefficient (Wildman–Crippen LogP) is 3.96. The van der Waals surface area contributed by atoms with E-state index in [1.165, 1.54) is 17.7 Å². The second-order valence-electron chi connectivity index (χ2n) is 9.01. The Morgan fingerprint density at radius 1 is 0.919 bits per heavy atom. The minimum atomic E-state index is -3.69. The molecule has 1 aliphatic heterocycles. The number of ether oxygens (including phenoxy) is 1. The van der Waals surface area contributed by atoms with E-state index in [0.717, 1.165) is 25.2 Å². The molecule has 4 rings (SSSR count). The molecule has 1 heterocycles. The molecule has 7 nitrogen and oxygen atoms in total. The Labute approximate surface area is 219 Å². The van der Waals surface area contributed by atoms with E-state index < -0.39 is 10.0 Å². The predicted molar refractivity (Wildman–Crippen MR) is 146 cm³/mol. The lowest BCUT2D eigenvalue weighted by Gasteiger charge is -2.34. The number of benzene rings is 3. The van der Waals surface area contributed by atoms with Crippen LogP contribution in [0.5, 0.6) is 5.75 Å². The molecule has 0 bridgehead atoms. The normalized spacial score (nSPS) is 15.5. The summed E-state index contributed by atoms with van der Waals surface area (Å²) in [5, 5.41) is 0. The minimum Gasteiger partial charge on any atom is -0.484 e. The molecular formula is C29H33N3O4S. The summed E-state index contributed by atoms with van der Waals surface area (Å²) in [4.78, 5) is 16.9. The number of carbonyl (C=O) groups excluding carboxylic acids is 1. The lowest BCUT2D eigenvalue weighted by molar-refractivity contribution is -0.135.